The number of nitriles is 1. The van der Waals surface area contributed by atoms with Crippen LogP contribution in [0, 0.1) is 23.1 Å². The van der Waals surface area contributed by atoms with Gasteiger partial charge in [0.1, 0.15) is 23.5 Å². The summed E-state index contributed by atoms with van der Waals surface area (Å²) in [5.74, 6) is -1.80. The van der Waals surface area contributed by atoms with Crippen molar-refractivity contribution in [3.05, 3.63) is 29.6 Å². The number of halogens is 1. The van der Waals surface area contributed by atoms with Gasteiger partial charge in [0.15, 0.2) is 0 Å². The number of aliphatic carboxylic acids is 1. The highest BCUT2D eigenvalue weighted by molar-refractivity contribution is 5.78. The van der Waals surface area contributed by atoms with Crippen LogP contribution in [0.3, 0.4) is 0 Å². The van der Waals surface area contributed by atoms with Crippen LogP contribution in [-0.4, -0.2) is 17.1 Å². The van der Waals surface area contributed by atoms with E-state index in [4.69, 9.17) is 10.4 Å². The molecule has 0 bridgehead atoms. The third-order valence-corrected chi connectivity index (χ3v) is 2.92. The lowest BCUT2D eigenvalue weighted by Gasteiger charge is -2.21. The number of benzene rings is 1. The molecule has 0 saturated heterocycles. The highest BCUT2D eigenvalue weighted by Crippen LogP contribution is 2.21. The first-order chi connectivity index (χ1) is 8.51. The van der Waals surface area contributed by atoms with Crippen LogP contribution < -0.4 is 5.32 Å². The molecule has 18 heavy (non-hydrogen) atoms. The van der Waals surface area contributed by atoms with Gasteiger partial charge in [-0.1, -0.05) is 26.3 Å². The fraction of sp³-hybridized carbons (Fsp3) is 0.385. The van der Waals surface area contributed by atoms with Crippen molar-refractivity contribution in [1.82, 2.24) is 0 Å². The average molecular weight is 250 g/mol. The molecule has 0 aliphatic heterocycles. The molecule has 2 N–H and O–H groups in total. The number of hydrogen-bond donors (Lipinski definition) is 2. The van der Waals surface area contributed by atoms with Crippen LogP contribution in [0.1, 0.15) is 25.8 Å². The molecule has 0 spiro atoms. The zero-order chi connectivity index (χ0) is 13.7. The number of carboxylic acid groups (broad SMARTS) is 1. The second kappa shape index (κ2) is 6.01. The summed E-state index contributed by atoms with van der Waals surface area (Å²) in [6.45, 7) is 3.66. The molecule has 0 aliphatic rings. The molecule has 4 nitrogen and oxygen atoms in total. The summed E-state index contributed by atoms with van der Waals surface area (Å²) in [6.07, 6.45) is 0.668. The maximum absolute atomic E-state index is 13.4. The summed E-state index contributed by atoms with van der Waals surface area (Å²) in [7, 11) is 0. The highest BCUT2D eigenvalue weighted by Gasteiger charge is 2.24. The summed E-state index contributed by atoms with van der Waals surface area (Å²) in [4.78, 5) is 11.1. The number of anilines is 1. The normalized spacial score (nSPS) is 13.4. The van der Waals surface area contributed by atoms with Gasteiger partial charge < -0.3 is 10.4 Å². The minimum Gasteiger partial charge on any atom is -0.480 e. The minimum atomic E-state index is -1.02. The third kappa shape index (κ3) is 2.98. The lowest BCUT2D eigenvalue weighted by Crippen LogP contribution is -2.35. The monoisotopic (exact) mass is 250 g/mol. The van der Waals surface area contributed by atoms with Crippen LogP contribution in [0.15, 0.2) is 18.2 Å². The van der Waals surface area contributed by atoms with Gasteiger partial charge in [-0.05, 0) is 18.1 Å². The fourth-order valence-corrected chi connectivity index (χ4v) is 1.61. The van der Waals surface area contributed by atoms with Gasteiger partial charge in [-0.25, -0.2) is 9.18 Å². The largest absolute Gasteiger partial charge is 0.480 e. The molecule has 0 unspecified atom stereocenters. The van der Waals surface area contributed by atoms with Crippen LogP contribution in [0.5, 0.6) is 0 Å². The molecule has 1 aromatic rings. The molecule has 0 aromatic heterocycles. The zero-order valence-electron chi connectivity index (χ0n) is 10.3. The second-order valence-electron chi connectivity index (χ2n) is 4.12. The molecule has 0 amide bonds. The SMILES string of the molecule is CC[C@H](C)[C@H](Nc1cccc(F)c1C#N)C(=O)O. The standard InChI is InChI=1S/C13H15FN2O2/c1-3-8(2)12(13(17)18)16-11-6-4-5-10(14)9(11)7-15/h4-6,8,12,16H,3H2,1-2H3,(H,17,18)/t8-,12-/m0/s1. The first kappa shape index (κ1) is 14.0. The lowest BCUT2D eigenvalue weighted by molar-refractivity contribution is -0.139. The Morgan fingerprint density at radius 3 is 2.78 bits per heavy atom. The quantitative estimate of drug-likeness (QED) is 0.842. The fourth-order valence-electron chi connectivity index (χ4n) is 1.61. The van der Waals surface area contributed by atoms with Crippen LogP contribution in [-0.2, 0) is 4.79 Å². The maximum Gasteiger partial charge on any atom is 0.326 e. The lowest BCUT2D eigenvalue weighted by atomic mass is 9.98. The molecule has 0 saturated carbocycles. The van der Waals surface area contributed by atoms with Crippen molar-refractivity contribution >= 4 is 11.7 Å². The zero-order valence-corrected chi connectivity index (χ0v) is 10.3. The van der Waals surface area contributed by atoms with Gasteiger partial charge in [0.2, 0.25) is 0 Å². The topological polar surface area (TPSA) is 73.1 Å². The Morgan fingerprint density at radius 1 is 1.61 bits per heavy atom. The van der Waals surface area contributed by atoms with Crippen molar-refractivity contribution in [2.45, 2.75) is 26.3 Å². The van der Waals surface area contributed by atoms with E-state index < -0.39 is 17.8 Å². The first-order valence-corrected chi connectivity index (χ1v) is 5.69. The van der Waals surface area contributed by atoms with Crippen LogP contribution in [0.4, 0.5) is 10.1 Å². The van der Waals surface area contributed by atoms with Crippen LogP contribution >= 0.6 is 0 Å². The Hall–Kier alpha value is -2.09. The van der Waals surface area contributed by atoms with Gasteiger partial charge >= 0.3 is 5.97 Å². The van der Waals surface area contributed by atoms with Crippen molar-refractivity contribution < 1.29 is 14.3 Å². The average Bonchev–Trinajstić information content (AvgIpc) is 2.34. The number of nitrogens with one attached hydrogen (secondary N) is 1. The van der Waals surface area contributed by atoms with Crippen molar-refractivity contribution in [2.24, 2.45) is 5.92 Å². The van der Waals surface area contributed by atoms with Gasteiger partial charge in [0, 0.05) is 0 Å². The molecule has 5 heteroatoms. The minimum absolute atomic E-state index is 0.127. The van der Waals surface area contributed by atoms with Gasteiger partial charge in [0.05, 0.1) is 5.69 Å². The molecular weight excluding hydrogens is 235 g/mol. The molecule has 0 fully saturated rings. The van der Waals surface area contributed by atoms with Crippen molar-refractivity contribution in [2.75, 3.05) is 5.32 Å². The number of carbonyl (C=O) groups is 1. The molecular formula is C13H15FN2O2. The predicted molar refractivity (Wildman–Crippen MR) is 65.6 cm³/mol. The van der Waals surface area contributed by atoms with Crippen molar-refractivity contribution in [3.8, 4) is 6.07 Å². The molecule has 1 rings (SSSR count). The highest BCUT2D eigenvalue weighted by atomic mass is 19.1. The smallest absolute Gasteiger partial charge is 0.326 e. The number of carboxylic acids is 1. The predicted octanol–water partition coefficient (Wildman–Crippen LogP) is 2.61. The van der Waals surface area contributed by atoms with Crippen molar-refractivity contribution in [1.29, 1.82) is 5.26 Å². The van der Waals surface area contributed by atoms with Crippen LogP contribution in [0.25, 0.3) is 0 Å². The van der Waals surface area contributed by atoms with E-state index in [-0.39, 0.29) is 17.2 Å². The van der Waals surface area contributed by atoms with Gasteiger partial charge in [-0.3, -0.25) is 0 Å². The molecule has 96 valence electrons. The summed E-state index contributed by atoms with van der Waals surface area (Å²) in [5.41, 5.74) is 0.0530. The summed E-state index contributed by atoms with van der Waals surface area (Å²) in [6, 6.07) is 5.00. The van der Waals surface area contributed by atoms with E-state index in [1.807, 2.05) is 6.92 Å². The van der Waals surface area contributed by atoms with E-state index >= 15 is 0 Å². The first-order valence-electron chi connectivity index (χ1n) is 5.69. The summed E-state index contributed by atoms with van der Waals surface area (Å²) in [5, 5.41) is 20.7. The van der Waals surface area contributed by atoms with Crippen LogP contribution in [0.2, 0.25) is 0 Å². The van der Waals surface area contributed by atoms with E-state index in [2.05, 4.69) is 5.32 Å². The van der Waals surface area contributed by atoms with Gasteiger partial charge in [-0.2, -0.15) is 5.26 Å². The van der Waals surface area contributed by atoms with E-state index in [1.165, 1.54) is 18.2 Å². The Morgan fingerprint density at radius 2 is 2.28 bits per heavy atom. The van der Waals surface area contributed by atoms with Gasteiger partial charge in [-0.15, -0.1) is 0 Å². The Kier molecular flexibility index (Phi) is 4.67. The maximum atomic E-state index is 13.4. The van der Waals surface area contributed by atoms with Gasteiger partial charge in [0.25, 0.3) is 0 Å². The Balaban J connectivity index is 3.06. The molecule has 0 radical (unpaired) electrons. The number of rotatable bonds is 5. The number of nitrogens with zero attached hydrogens (tertiary/aromatic N) is 1. The summed E-state index contributed by atoms with van der Waals surface area (Å²) >= 11 is 0. The third-order valence-electron chi connectivity index (χ3n) is 2.92. The molecule has 2 atom stereocenters. The van der Waals surface area contributed by atoms with E-state index in [1.54, 1.807) is 13.0 Å². The van der Waals surface area contributed by atoms with E-state index in [9.17, 15) is 9.18 Å². The molecule has 0 aliphatic carbocycles. The number of hydrogen-bond acceptors (Lipinski definition) is 3. The Bertz CT molecular complexity index is 482. The summed E-state index contributed by atoms with van der Waals surface area (Å²) < 4.78 is 13.4. The van der Waals surface area contributed by atoms with E-state index in [0.717, 1.165) is 0 Å². The second-order valence-corrected chi connectivity index (χ2v) is 4.12. The van der Waals surface area contributed by atoms with E-state index in [0.29, 0.717) is 6.42 Å². The Labute approximate surface area is 105 Å². The molecule has 0 heterocycles. The van der Waals surface area contributed by atoms with Crippen molar-refractivity contribution in [3.63, 3.8) is 0 Å². The molecule has 1 aromatic carbocycles.